The van der Waals surface area contributed by atoms with Crippen LogP contribution in [0.4, 0.5) is 11.6 Å². The number of nitrogens with zero attached hydrogens (tertiary/aromatic N) is 6. The molecule has 152 valence electrons. The Bertz CT molecular complexity index is 1180. The van der Waals surface area contributed by atoms with Crippen LogP contribution in [0.25, 0.3) is 16.2 Å². The van der Waals surface area contributed by atoms with Gasteiger partial charge in [-0.2, -0.15) is 9.38 Å². The first-order valence-electron chi connectivity index (χ1n) is 9.77. The van der Waals surface area contributed by atoms with Gasteiger partial charge in [-0.25, -0.2) is 4.98 Å². The maximum Gasteiger partial charge on any atom is 0.372 e. The summed E-state index contributed by atoms with van der Waals surface area (Å²) in [4.78, 5) is 25.0. The van der Waals surface area contributed by atoms with E-state index < -0.39 is 0 Å². The Hall–Kier alpha value is -3.30. The van der Waals surface area contributed by atoms with E-state index in [0.29, 0.717) is 24.6 Å². The van der Waals surface area contributed by atoms with Gasteiger partial charge in [0.2, 0.25) is 11.5 Å². The van der Waals surface area contributed by atoms with Gasteiger partial charge < -0.3 is 15.0 Å². The molecule has 4 heterocycles. The van der Waals surface area contributed by atoms with Gasteiger partial charge in [-0.05, 0) is 11.0 Å². The van der Waals surface area contributed by atoms with Crippen molar-refractivity contribution in [3.8, 4) is 10.6 Å². The molecule has 0 saturated carbocycles. The van der Waals surface area contributed by atoms with Crippen molar-refractivity contribution in [1.29, 1.82) is 0 Å². The first-order chi connectivity index (χ1) is 14.7. The molecule has 0 unspecified atom stereocenters. The molecule has 0 N–H and O–H groups in total. The summed E-state index contributed by atoms with van der Waals surface area (Å²) in [7, 11) is 0. The predicted molar refractivity (Wildman–Crippen MR) is 117 cm³/mol. The highest BCUT2D eigenvalue weighted by Crippen LogP contribution is 2.30. The molecule has 1 aliphatic rings. The minimum absolute atomic E-state index is 0.0334. The average Bonchev–Trinajstić information content (AvgIpc) is 3.40. The van der Waals surface area contributed by atoms with Crippen LogP contribution < -0.4 is 4.90 Å². The third-order valence-electron chi connectivity index (χ3n) is 5.29. The Morgan fingerprint density at radius 2 is 1.77 bits per heavy atom. The van der Waals surface area contributed by atoms with Crippen molar-refractivity contribution in [3.05, 3.63) is 75.9 Å². The van der Waals surface area contributed by atoms with Crippen molar-refractivity contribution in [1.82, 2.24) is 19.3 Å². The summed E-state index contributed by atoms with van der Waals surface area (Å²) in [5.41, 5.74) is 2.79. The summed E-state index contributed by atoms with van der Waals surface area (Å²) in [5.74, 6) is 0.483. The van der Waals surface area contributed by atoms with Crippen LogP contribution in [0.15, 0.2) is 60.1 Å². The van der Waals surface area contributed by atoms with E-state index in [2.05, 4.69) is 27.4 Å². The third-order valence-corrected chi connectivity index (χ3v) is 6.23. The largest absolute Gasteiger partial charge is 0.372 e. The summed E-state index contributed by atoms with van der Waals surface area (Å²) in [6, 6.07) is 15.6. The van der Waals surface area contributed by atoms with Crippen LogP contribution in [0.2, 0.25) is 0 Å². The lowest BCUT2D eigenvalue weighted by molar-refractivity contribution is -0.389. The molecule has 9 heteroatoms. The van der Waals surface area contributed by atoms with Crippen molar-refractivity contribution >= 4 is 28.6 Å². The maximum atomic E-state index is 11.7. The first-order valence-corrected chi connectivity index (χ1v) is 10.7. The fraction of sp³-hybridized carbons (Fsp3) is 0.238. The Balaban J connectivity index is 1.27. The molecular formula is C21H20N6O2S. The summed E-state index contributed by atoms with van der Waals surface area (Å²) < 4.78 is 1.54. The SMILES string of the molecule is O=[N+]([O-])c1c(N2CCN(Cc3csc(-c4ccccc4)n3)CC2)nc2ccccn12. The van der Waals surface area contributed by atoms with Crippen molar-refractivity contribution in [2.75, 3.05) is 31.1 Å². The van der Waals surface area contributed by atoms with Crippen molar-refractivity contribution in [3.63, 3.8) is 0 Å². The Labute approximate surface area is 177 Å². The van der Waals surface area contributed by atoms with E-state index in [1.54, 1.807) is 34.1 Å². The molecule has 1 saturated heterocycles. The van der Waals surface area contributed by atoms with Crippen LogP contribution in [0.3, 0.4) is 0 Å². The number of benzene rings is 1. The lowest BCUT2D eigenvalue weighted by Gasteiger charge is -2.34. The van der Waals surface area contributed by atoms with Crippen molar-refractivity contribution in [2.45, 2.75) is 6.54 Å². The Morgan fingerprint density at radius 1 is 1.00 bits per heavy atom. The van der Waals surface area contributed by atoms with Crippen LogP contribution in [-0.2, 0) is 6.54 Å². The third kappa shape index (κ3) is 3.53. The molecule has 3 aromatic heterocycles. The van der Waals surface area contributed by atoms with Crippen LogP contribution in [-0.4, -0.2) is 50.4 Å². The molecule has 0 bridgehead atoms. The molecular weight excluding hydrogens is 400 g/mol. The number of pyridine rings is 1. The van der Waals surface area contributed by atoms with Crippen molar-refractivity contribution < 1.29 is 4.92 Å². The second kappa shape index (κ2) is 7.85. The summed E-state index contributed by atoms with van der Waals surface area (Å²) in [6.07, 6.45) is 1.69. The van der Waals surface area contributed by atoms with Gasteiger partial charge in [-0.1, -0.05) is 36.4 Å². The summed E-state index contributed by atoms with van der Waals surface area (Å²) in [6.45, 7) is 3.79. The zero-order valence-electron chi connectivity index (χ0n) is 16.2. The average molecular weight is 420 g/mol. The molecule has 0 aliphatic carbocycles. The van der Waals surface area contributed by atoms with Gasteiger partial charge in [0.05, 0.1) is 11.9 Å². The van der Waals surface area contributed by atoms with Crippen LogP contribution in [0.1, 0.15) is 5.69 Å². The zero-order chi connectivity index (χ0) is 20.5. The molecule has 0 spiro atoms. The molecule has 4 aromatic rings. The highest BCUT2D eigenvalue weighted by molar-refractivity contribution is 7.13. The van der Waals surface area contributed by atoms with E-state index in [0.717, 1.165) is 35.9 Å². The summed E-state index contributed by atoms with van der Waals surface area (Å²) in [5, 5.41) is 14.8. The van der Waals surface area contributed by atoms with E-state index in [1.807, 2.05) is 29.2 Å². The molecule has 0 amide bonds. The van der Waals surface area contributed by atoms with Crippen LogP contribution in [0.5, 0.6) is 0 Å². The van der Waals surface area contributed by atoms with E-state index in [4.69, 9.17) is 4.98 Å². The van der Waals surface area contributed by atoms with Gasteiger partial charge in [0, 0.05) is 49.7 Å². The second-order valence-corrected chi connectivity index (χ2v) is 8.08. The van der Waals surface area contributed by atoms with E-state index in [1.165, 1.54) is 0 Å². The molecule has 1 aliphatic heterocycles. The number of hydrogen-bond acceptors (Lipinski definition) is 7. The molecule has 0 atom stereocenters. The van der Waals surface area contributed by atoms with Crippen molar-refractivity contribution in [2.24, 2.45) is 0 Å². The molecule has 1 aromatic carbocycles. The Morgan fingerprint density at radius 3 is 2.53 bits per heavy atom. The normalized spacial score (nSPS) is 15.0. The number of fused-ring (bicyclic) bond motifs is 1. The smallest absolute Gasteiger partial charge is 0.358 e. The summed E-state index contributed by atoms with van der Waals surface area (Å²) >= 11 is 1.66. The van der Waals surface area contributed by atoms with Crippen LogP contribution in [0, 0.1) is 10.1 Å². The number of piperazine rings is 1. The Kier molecular flexibility index (Phi) is 4.89. The van der Waals surface area contributed by atoms with E-state index >= 15 is 0 Å². The van der Waals surface area contributed by atoms with Gasteiger partial charge in [0.1, 0.15) is 5.01 Å². The lowest BCUT2D eigenvalue weighted by atomic mass is 10.2. The van der Waals surface area contributed by atoms with E-state index in [9.17, 15) is 10.1 Å². The number of anilines is 1. The molecule has 30 heavy (non-hydrogen) atoms. The fourth-order valence-electron chi connectivity index (χ4n) is 3.79. The molecule has 5 rings (SSSR count). The monoisotopic (exact) mass is 420 g/mol. The minimum atomic E-state index is -0.345. The number of aromatic nitrogens is 3. The standard InChI is InChI=1S/C21H20N6O2S/c28-27(29)21-19(23-18-8-4-5-9-26(18)21)25-12-10-24(11-13-25)14-17-15-30-20(22-17)16-6-2-1-3-7-16/h1-9,15H,10-14H2. The van der Waals surface area contributed by atoms with Gasteiger partial charge in [0.15, 0.2) is 0 Å². The molecule has 1 fully saturated rings. The maximum absolute atomic E-state index is 11.7. The molecule has 0 radical (unpaired) electrons. The second-order valence-electron chi connectivity index (χ2n) is 7.22. The van der Waals surface area contributed by atoms with Gasteiger partial charge in [-0.3, -0.25) is 4.90 Å². The number of imidazole rings is 1. The quantitative estimate of drug-likeness (QED) is 0.362. The fourth-order valence-corrected chi connectivity index (χ4v) is 4.61. The van der Waals surface area contributed by atoms with Gasteiger partial charge in [0.25, 0.3) is 0 Å². The first kappa shape index (κ1) is 18.7. The number of nitro groups is 1. The van der Waals surface area contributed by atoms with Gasteiger partial charge in [-0.15, -0.1) is 11.3 Å². The molecule has 8 nitrogen and oxygen atoms in total. The van der Waals surface area contributed by atoms with Crippen LogP contribution >= 0.6 is 11.3 Å². The topological polar surface area (TPSA) is 79.8 Å². The number of rotatable bonds is 5. The predicted octanol–water partition coefficient (Wildman–Crippen LogP) is 3.69. The highest BCUT2D eigenvalue weighted by Gasteiger charge is 2.29. The highest BCUT2D eigenvalue weighted by atomic mass is 32.1. The zero-order valence-corrected chi connectivity index (χ0v) is 17.0. The number of hydrogen-bond donors (Lipinski definition) is 0. The van der Waals surface area contributed by atoms with Gasteiger partial charge >= 0.3 is 5.82 Å². The van der Waals surface area contributed by atoms with E-state index in [-0.39, 0.29) is 10.7 Å². The minimum Gasteiger partial charge on any atom is -0.358 e. The number of thiazole rings is 1. The lowest BCUT2D eigenvalue weighted by Crippen LogP contribution is -2.46.